The molecule has 0 saturated carbocycles. The van der Waals surface area contributed by atoms with Gasteiger partial charge in [-0.2, -0.15) is 0 Å². The van der Waals surface area contributed by atoms with E-state index in [2.05, 4.69) is 0 Å². The standard InChI is InChI=1S/C9H12O2/c1-2-3-6-9-8(10)5-4-7-11-9/h3-4,6-7,9H,2,5H2,1H3. The first-order valence-corrected chi connectivity index (χ1v) is 3.84. The third-order valence-electron chi connectivity index (χ3n) is 1.50. The molecule has 1 aliphatic heterocycles. The molecule has 2 nitrogen and oxygen atoms in total. The highest BCUT2D eigenvalue weighted by Gasteiger charge is 2.16. The molecular weight excluding hydrogens is 140 g/mol. The number of allylic oxidation sites excluding steroid dienone is 2. The zero-order valence-corrected chi connectivity index (χ0v) is 6.62. The molecule has 1 aliphatic rings. The van der Waals surface area contributed by atoms with E-state index in [1.54, 1.807) is 12.3 Å². The molecule has 1 unspecified atom stereocenters. The van der Waals surface area contributed by atoms with Crippen LogP contribution in [0.3, 0.4) is 0 Å². The molecule has 0 aliphatic carbocycles. The topological polar surface area (TPSA) is 26.3 Å². The lowest BCUT2D eigenvalue weighted by Crippen LogP contribution is -2.21. The monoisotopic (exact) mass is 152 g/mol. The Morgan fingerprint density at radius 1 is 1.82 bits per heavy atom. The first kappa shape index (κ1) is 8.05. The van der Waals surface area contributed by atoms with Crippen molar-refractivity contribution < 1.29 is 9.53 Å². The average Bonchev–Trinajstić information content (AvgIpc) is 2.03. The molecule has 1 rings (SSSR count). The van der Waals surface area contributed by atoms with Crippen LogP contribution in [0.25, 0.3) is 0 Å². The predicted octanol–water partition coefficient (Wildman–Crippen LogP) is 1.82. The Kier molecular flexibility index (Phi) is 2.90. The maximum absolute atomic E-state index is 11.1. The molecule has 0 amide bonds. The van der Waals surface area contributed by atoms with Crippen molar-refractivity contribution in [3.05, 3.63) is 24.5 Å². The number of hydrogen-bond donors (Lipinski definition) is 0. The quantitative estimate of drug-likeness (QED) is 0.564. The third kappa shape index (κ3) is 2.22. The summed E-state index contributed by atoms with van der Waals surface area (Å²) in [6, 6.07) is 0. The fourth-order valence-corrected chi connectivity index (χ4v) is 0.909. The minimum absolute atomic E-state index is 0.136. The lowest BCUT2D eigenvalue weighted by atomic mass is 10.1. The highest BCUT2D eigenvalue weighted by molar-refractivity contribution is 5.86. The van der Waals surface area contributed by atoms with Gasteiger partial charge in [-0.3, -0.25) is 4.79 Å². The SMILES string of the molecule is CCC=CC1OC=CCC1=O. The van der Waals surface area contributed by atoms with E-state index in [0.29, 0.717) is 6.42 Å². The maximum atomic E-state index is 11.1. The molecule has 0 saturated heterocycles. The molecule has 0 aromatic heterocycles. The summed E-state index contributed by atoms with van der Waals surface area (Å²) in [7, 11) is 0. The van der Waals surface area contributed by atoms with E-state index in [1.165, 1.54) is 0 Å². The van der Waals surface area contributed by atoms with Crippen molar-refractivity contribution in [3.8, 4) is 0 Å². The van der Waals surface area contributed by atoms with Gasteiger partial charge in [0, 0.05) is 6.42 Å². The van der Waals surface area contributed by atoms with Crippen LogP contribution in [0.15, 0.2) is 24.5 Å². The van der Waals surface area contributed by atoms with Gasteiger partial charge in [0.15, 0.2) is 11.9 Å². The minimum Gasteiger partial charge on any atom is -0.486 e. The van der Waals surface area contributed by atoms with Crippen LogP contribution in [0.4, 0.5) is 0 Å². The van der Waals surface area contributed by atoms with Crippen LogP contribution in [-0.4, -0.2) is 11.9 Å². The number of ether oxygens (including phenoxy) is 1. The molecule has 1 heterocycles. The summed E-state index contributed by atoms with van der Waals surface area (Å²) in [6.07, 6.45) is 8.19. The van der Waals surface area contributed by atoms with Crippen molar-refractivity contribution in [2.45, 2.75) is 25.9 Å². The van der Waals surface area contributed by atoms with E-state index in [0.717, 1.165) is 6.42 Å². The highest BCUT2D eigenvalue weighted by Crippen LogP contribution is 2.07. The summed E-state index contributed by atoms with van der Waals surface area (Å²) in [5.74, 6) is 0.136. The molecule has 60 valence electrons. The lowest BCUT2D eigenvalue weighted by Gasteiger charge is -2.13. The van der Waals surface area contributed by atoms with Gasteiger partial charge in [-0.1, -0.05) is 13.0 Å². The first-order chi connectivity index (χ1) is 5.34. The second-order valence-electron chi connectivity index (χ2n) is 2.44. The van der Waals surface area contributed by atoms with Gasteiger partial charge in [0.05, 0.1) is 6.26 Å². The molecule has 0 aromatic rings. The van der Waals surface area contributed by atoms with Crippen molar-refractivity contribution in [1.29, 1.82) is 0 Å². The van der Waals surface area contributed by atoms with Crippen molar-refractivity contribution >= 4 is 5.78 Å². The van der Waals surface area contributed by atoms with E-state index in [4.69, 9.17) is 4.74 Å². The second kappa shape index (κ2) is 3.96. The summed E-state index contributed by atoms with van der Waals surface area (Å²) in [5.41, 5.74) is 0. The largest absolute Gasteiger partial charge is 0.486 e. The molecule has 11 heavy (non-hydrogen) atoms. The molecule has 0 radical (unpaired) electrons. The number of Topliss-reactive ketones (excluding diaryl/α,β-unsaturated/α-hetero) is 1. The van der Waals surface area contributed by atoms with Crippen LogP contribution in [0.5, 0.6) is 0 Å². The minimum atomic E-state index is -0.333. The number of carbonyl (C=O) groups excluding carboxylic acids is 1. The molecule has 0 bridgehead atoms. The number of carbonyl (C=O) groups is 1. The molecule has 1 atom stereocenters. The molecule has 2 heteroatoms. The van der Waals surface area contributed by atoms with Gasteiger partial charge < -0.3 is 4.74 Å². The van der Waals surface area contributed by atoms with Crippen LogP contribution in [0.2, 0.25) is 0 Å². The van der Waals surface area contributed by atoms with E-state index in [-0.39, 0.29) is 11.9 Å². The Balaban J connectivity index is 2.50. The van der Waals surface area contributed by atoms with Crippen molar-refractivity contribution in [3.63, 3.8) is 0 Å². The fourth-order valence-electron chi connectivity index (χ4n) is 0.909. The van der Waals surface area contributed by atoms with Gasteiger partial charge in [-0.05, 0) is 18.6 Å². The normalized spacial score (nSPS) is 24.1. The number of hydrogen-bond acceptors (Lipinski definition) is 2. The van der Waals surface area contributed by atoms with Crippen molar-refractivity contribution in [2.75, 3.05) is 0 Å². The predicted molar refractivity (Wildman–Crippen MR) is 43.1 cm³/mol. The van der Waals surface area contributed by atoms with Crippen molar-refractivity contribution in [2.24, 2.45) is 0 Å². The van der Waals surface area contributed by atoms with Gasteiger partial charge in [0.2, 0.25) is 0 Å². The number of ketones is 1. The van der Waals surface area contributed by atoms with Crippen LogP contribution < -0.4 is 0 Å². The van der Waals surface area contributed by atoms with Gasteiger partial charge >= 0.3 is 0 Å². The molecular formula is C9H12O2. The summed E-state index contributed by atoms with van der Waals surface area (Å²) < 4.78 is 5.08. The highest BCUT2D eigenvalue weighted by atomic mass is 16.5. The maximum Gasteiger partial charge on any atom is 0.181 e. The summed E-state index contributed by atoms with van der Waals surface area (Å²) >= 11 is 0. The van der Waals surface area contributed by atoms with Crippen LogP contribution >= 0.6 is 0 Å². The molecule has 0 N–H and O–H groups in total. The zero-order chi connectivity index (χ0) is 8.10. The Labute approximate surface area is 66.5 Å². The summed E-state index contributed by atoms with van der Waals surface area (Å²) in [5, 5.41) is 0. The fraction of sp³-hybridized carbons (Fsp3) is 0.444. The molecule has 0 fully saturated rings. The van der Waals surface area contributed by atoms with Gasteiger partial charge in [-0.15, -0.1) is 0 Å². The van der Waals surface area contributed by atoms with Crippen LogP contribution in [-0.2, 0) is 9.53 Å². The van der Waals surface area contributed by atoms with Gasteiger partial charge in [0.1, 0.15) is 0 Å². The Morgan fingerprint density at radius 3 is 3.27 bits per heavy atom. The van der Waals surface area contributed by atoms with E-state index >= 15 is 0 Å². The molecule has 0 spiro atoms. The Hall–Kier alpha value is -1.05. The van der Waals surface area contributed by atoms with Crippen molar-refractivity contribution in [1.82, 2.24) is 0 Å². The zero-order valence-electron chi connectivity index (χ0n) is 6.62. The van der Waals surface area contributed by atoms with Crippen LogP contribution in [0, 0.1) is 0 Å². The first-order valence-electron chi connectivity index (χ1n) is 3.84. The molecule has 0 aromatic carbocycles. The third-order valence-corrected chi connectivity index (χ3v) is 1.50. The number of rotatable bonds is 2. The Bertz CT molecular complexity index is 192. The smallest absolute Gasteiger partial charge is 0.181 e. The van der Waals surface area contributed by atoms with E-state index in [9.17, 15) is 4.79 Å². The van der Waals surface area contributed by atoms with Crippen LogP contribution in [0.1, 0.15) is 19.8 Å². The van der Waals surface area contributed by atoms with E-state index < -0.39 is 0 Å². The summed E-state index contributed by atoms with van der Waals surface area (Å²) in [4.78, 5) is 11.1. The van der Waals surface area contributed by atoms with Gasteiger partial charge in [0.25, 0.3) is 0 Å². The summed E-state index contributed by atoms with van der Waals surface area (Å²) in [6.45, 7) is 2.03. The lowest BCUT2D eigenvalue weighted by molar-refractivity contribution is -0.125. The Morgan fingerprint density at radius 2 is 2.64 bits per heavy atom. The second-order valence-corrected chi connectivity index (χ2v) is 2.44. The van der Waals surface area contributed by atoms with E-state index in [1.807, 2.05) is 19.1 Å². The van der Waals surface area contributed by atoms with Gasteiger partial charge in [-0.25, -0.2) is 0 Å². The average molecular weight is 152 g/mol.